The summed E-state index contributed by atoms with van der Waals surface area (Å²) in [5, 5.41) is 8.76. The molecule has 0 aromatic carbocycles. The van der Waals surface area contributed by atoms with Crippen LogP contribution in [0.3, 0.4) is 0 Å². The SMILES string of the molecule is Cc1cc(C(=O)N(C)CC(C)C(=O)O)cnc1F. The highest BCUT2D eigenvalue weighted by Crippen LogP contribution is 2.09. The fraction of sp³-hybridized carbons (Fsp3) is 0.417. The quantitative estimate of drug-likeness (QED) is 0.823. The van der Waals surface area contributed by atoms with Crippen LogP contribution in [0.1, 0.15) is 22.8 Å². The molecular formula is C12H15FN2O3. The summed E-state index contributed by atoms with van der Waals surface area (Å²) in [6, 6.07) is 1.40. The van der Waals surface area contributed by atoms with Crippen LogP contribution in [0.25, 0.3) is 0 Å². The standard InChI is InChI=1S/C12H15FN2O3/c1-7-4-9(5-14-10(7)13)11(16)15(3)6-8(2)12(17)18/h4-5,8H,6H2,1-3H3,(H,17,18). The molecule has 0 aliphatic heterocycles. The van der Waals surface area contributed by atoms with Gasteiger partial charge in [0.1, 0.15) is 0 Å². The van der Waals surface area contributed by atoms with E-state index in [1.165, 1.54) is 31.9 Å². The minimum absolute atomic E-state index is 0.0879. The topological polar surface area (TPSA) is 70.5 Å². The zero-order valence-electron chi connectivity index (χ0n) is 10.5. The predicted octanol–water partition coefficient (Wildman–Crippen LogP) is 1.32. The van der Waals surface area contributed by atoms with Gasteiger partial charge in [-0.05, 0) is 13.0 Å². The summed E-state index contributed by atoms with van der Waals surface area (Å²) in [4.78, 5) is 27.4. The van der Waals surface area contributed by atoms with E-state index < -0.39 is 17.8 Å². The molecule has 0 saturated carbocycles. The van der Waals surface area contributed by atoms with Crippen LogP contribution in [0.4, 0.5) is 4.39 Å². The van der Waals surface area contributed by atoms with E-state index in [9.17, 15) is 14.0 Å². The van der Waals surface area contributed by atoms with Crippen LogP contribution in [-0.2, 0) is 4.79 Å². The van der Waals surface area contributed by atoms with Gasteiger partial charge in [0.25, 0.3) is 5.91 Å². The van der Waals surface area contributed by atoms with Crippen molar-refractivity contribution in [3.05, 3.63) is 29.3 Å². The number of aryl methyl sites for hydroxylation is 1. The van der Waals surface area contributed by atoms with E-state index in [1.807, 2.05) is 0 Å². The van der Waals surface area contributed by atoms with Crippen molar-refractivity contribution < 1.29 is 19.1 Å². The third-order valence-corrected chi connectivity index (χ3v) is 2.58. The molecule has 1 unspecified atom stereocenters. The molecule has 0 aliphatic carbocycles. The molecule has 5 nitrogen and oxygen atoms in total. The van der Waals surface area contributed by atoms with Gasteiger partial charge in [0, 0.05) is 25.4 Å². The molecule has 1 atom stereocenters. The van der Waals surface area contributed by atoms with E-state index in [2.05, 4.69) is 4.98 Å². The van der Waals surface area contributed by atoms with E-state index in [4.69, 9.17) is 5.11 Å². The second kappa shape index (κ2) is 5.57. The van der Waals surface area contributed by atoms with Gasteiger partial charge in [-0.2, -0.15) is 4.39 Å². The number of hydrogen-bond acceptors (Lipinski definition) is 3. The van der Waals surface area contributed by atoms with E-state index >= 15 is 0 Å². The van der Waals surface area contributed by atoms with Gasteiger partial charge in [-0.3, -0.25) is 9.59 Å². The van der Waals surface area contributed by atoms with Crippen molar-refractivity contribution in [2.75, 3.05) is 13.6 Å². The summed E-state index contributed by atoms with van der Waals surface area (Å²) < 4.78 is 13.0. The smallest absolute Gasteiger partial charge is 0.308 e. The van der Waals surface area contributed by atoms with Crippen molar-refractivity contribution in [3.63, 3.8) is 0 Å². The van der Waals surface area contributed by atoms with Gasteiger partial charge in [-0.25, -0.2) is 4.98 Å². The Morgan fingerprint density at radius 2 is 2.17 bits per heavy atom. The Morgan fingerprint density at radius 1 is 1.56 bits per heavy atom. The van der Waals surface area contributed by atoms with Crippen LogP contribution in [-0.4, -0.2) is 40.5 Å². The van der Waals surface area contributed by atoms with Crippen LogP contribution in [0.5, 0.6) is 0 Å². The average Bonchev–Trinajstić information content (AvgIpc) is 2.31. The second-order valence-electron chi connectivity index (χ2n) is 4.26. The second-order valence-corrected chi connectivity index (χ2v) is 4.26. The van der Waals surface area contributed by atoms with Crippen LogP contribution in [0.15, 0.2) is 12.3 Å². The molecule has 1 heterocycles. The molecule has 0 fully saturated rings. The number of rotatable bonds is 4. The van der Waals surface area contributed by atoms with Gasteiger partial charge in [0.2, 0.25) is 5.95 Å². The van der Waals surface area contributed by atoms with Crippen molar-refractivity contribution in [2.45, 2.75) is 13.8 Å². The number of pyridine rings is 1. The van der Waals surface area contributed by atoms with Crippen LogP contribution in [0, 0.1) is 18.8 Å². The maximum absolute atomic E-state index is 13.0. The lowest BCUT2D eigenvalue weighted by Crippen LogP contribution is -2.33. The lowest BCUT2D eigenvalue weighted by Gasteiger charge is -2.19. The number of hydrogen-bond donors (Lipinski definition) is 1. The lowest BCUT2D eigenvalue weighted by molar-refractivity contribution is -0.141. The third kappa shape index (κ3) is 3.26. The normalized spacial score (nSPS) is 12.0. The molecule has 18 heavy (non-hydrogen) atoms. The minimum Gasteiger partial charge on any atom is -0.481 e. The number of amides is 1. The number of nitrogens with zero attached hydrogens (tertiary/aromatic N) is 2. The van der Waals surface area contributed by atoms with Crippen LogP contribution >= 0.6 is 0 Å². The Balaban J connectivity index is 2.80. The molecule has 1 aromatic heterocycles. The molecule has 1 rings (SSSR count). The van der Waals surface area contributed by atoms with Crippen molar-refractivity contribution >= 4 is 11.9 Å². The Bertz CT molecular complexity index is 476. The third-order valence-electron chi connectivity index (χ3n) is 2.58. The van der Waals surface area contributed by atoms with Crippen molar-refractivity contribution in [2.24, 2.45) is 5.92 Å². The number of aromatic nitrogens is 1. The largest absolute Gasteiger partial charge is 0.481 e. The molecule has 98 valence electrons. The Kier molecular flexibility index (Phi) is 4.36. The molecule has 0 aliphatic rings. The molecule has 0 saturated heterocycles. The molecular weight excluding hydrogens is 239 g/mol. The molecule has 0 bridgehead atoms. The van der Waals surface area contributed by atoms with Crippen molar-refractivity contribution in [1.29, 1.82) is 0 Å². The first-order valence-corrected chi connectivity index (χ1v) is 5.43. The number of halogens is 1. The first-order chi connectivity index (χ1) is 8.32. The molecule has 1 N–H and O–H groups in total. The van der Waals surface area contributed by atoms with Crippen molar-refractivity contribution in [3.8, 4) is 0 Å². The van der Waals surface area contributed by atoms with Gasteiger partial charge in [-0.1, -0.05) is 6.92 Å². The summed E-state index contributed by atoms with van der Waals surface area (Å²) in [6.45, 7) is 3.11. The average molecular weight is 254 g/mol. The fourth-order valence-electron chi connectivity index (χ4n) is 1.47. The predicted molar refractivity (Wildman–Crippen MR) is 62.7 cm³/mol. The molecule has 0 radical (unpaired) electrons. The molecule has 6 heteroatoms. The van der Waals surface area contributed by atoms with E-state index in [-0.39, 0.29) is 23.6 Å². The maximum atomic E-state index is 13.0. The molecule has 0 spiro atoms. The first-order valence-electron chi connectivity index (χ1n) is 5.43. The molecule has 1 amide bonds. The zero-order chi connectivity index (χ0) is 13.9. The summed E-state index contributed by atoms with van der Waals surface area (Å²) in [5.74, 6) is -2.62. The minimum atomic E-state index is -0.969. The zero-order valence-corrected chi connectivity index (χ0v) is 10.5. The van der Waals surface area contributed by atoms with Crippen LogP contribution in [0.2, 0.25) is 0 Å². The number of carbonyl (C=O) groups is 2. The number of carboxylic acids is 1. The monoisotopic (exact) mass is 254 g/mol. The highest BCUT2D eigenvalue weighted by molar-refractivity contribution is 5.94. The highest BCUT2D eigenvalue weighted by atomic mass is 19.1. The molecule has 1 aromatic rings. The van der Waals surface area contributed by atoms with Gasteiger partial charge < -0.3 is 10.0 Å². The number of carbonyl (C=O) groups excluding carboxylic acids is 1. The summed E-state index contributed by atoms with van der Waals surface area (Å²) in [7, 11) is 1.50. The van der Waals surface area contributed by atoms with E-state index in [0.29, 0.717) is 0 Å². The van der Waals surface area contributed by atoms with Gasteiger partial charge in [0.05, 0.1) is 11.5 Å². The lowest BCUT2D eigenvalue weighted by atomic mass is 10.1. The van der Waals surface area contributed by atoms with Crippen LogP contribution < -0.4 is 0 Å². The first kappa shape index (κ1) is 14.1. The Hall–Kier alpha value is -1.98. The fourth-order valence-corrected chi connectivity index (χ4v) is 1.47. The van der Waals surface area contributed by atoms with Crippen molar-refractivity contribution in [1.82, 2.24) is 9.88 Å². The number of carboxylic acid groups (broad SMARTS) is 1. The highest BCUT2D eigenvalue weighted by Gasteiger charge is 2.19. The number of aliphatic carboxylic acids is 1. The van der Waals surface area contributed by atoms with Gasteiger partial charge in [0.15, 0.2) is 0 Å². The van der Waals surface area contributed by atoms with Gasteiger partial charge in [-0.15, -0.1) is 0 Å². The Labute approximate surface area is 104 Å². The van der Waals surface area contributed by atoms with Gasteiger partial charge >= 0.3 is 5.97 Å². The summed E-state index contributed by atoms with van der Waals surface area (Å²) >= 11 is 0. The Morgan fingerprint density at radius 3 is 2.67 bits per heavy atom. The maximum Gasteiger partial charge on any atom is 0.308 e. The summed E-state index contributed by atoms with van der Waals surface area (Å²) in [5.41, 5.74) is 0.523. The van der Waals surface area contributed by atoms with E-state index in [0.717, 1.165) is 6.20 Å². The summed E-state index contributed by atoms with van der Waals surface area (Å²) in [6.07, 6.45) is 1.15. The van der Waals surface area contributed by atoms with E-state index in [1.54, 1.807) is 0 Å².